The summed E-state index contributed by atoms with van der Waals surface area (Å²) in [6, 6.07) is 7.90. The van der Waals surface area contributed by atoms with Crippen LogP contribution < -0.4 is 4.90 Å². The van der Waals surface area contributed by atoms with E-state index in [9.17, 15) is 5.11 Å². The van der Waals surface area contributed by atoms with E-state index in [-0.39, 0.29) is 12.0 Å². The number of benzene rings is 1. The molecule has 2 unspecified atom stereocenters. The number of nitrogens with zero attached hydrogens (tertiary/aromatic N) is 2. The van der Waals surface area contributed by atoms with E-state index >= 15 is 0 Å². The maximum Gasteiger partial charge on any atom is 0.101 e. The average molecular weight is 295 g/mol. The minimum absolute atomic E-state index is 0.219. The van der Waals surface area contributed by atoms with Gasteiger partial charge in [0, 0.05) is 17.6 Å². The molecule has 0 bridgehead atoms. The Labute approximate surface area is 110 Å². The molecule has 1 fully saturated rings. The minimum atomic E-state index is -0.219. The first-order chi connectivity index (χ1) is 8.11. The zero-order valence-electron chi connectivity index (χ0n) is 9.73. The Kier molecular flexibility index (Phi) is 3.70. The number of hydrogen-bond donors (Lipinski definition) is 1. The summed E-state index contributed by atoms with van der Waals surface area (Å²) in [7, 11) is 0. The fraction of sp³-hybridized carbons (Fsp3) is 0.462. The van der Waals surface area contributed by atoms with Crippen molar-refractivity contribution < 1.29 is 5.11 Å². The number of aliphatic hydroxyl groups excluding tert-OH is 1. The molecule has 4 heteroatoms. The van der Waals surface area contributed by atoms with Crippen molar-refractivity contribution in [2.45, 2.75) is 19.4 Å². The van der Waals surface area contributed by atoms with Gasteiger partial charge in [-0.1, -0.05) is 22.9 Å². The predicted molar refractivity (Wildman–Crippen MR) is 70.9 cm³/mol. The van der Waals surface area contributed by atoms with Crippen LogP contribution in [-0.4, -0.2) is 24.3 Å². The molecule has 1 aliphatic rings. The smallest absolute Gasteiger partial charge is 0.101 e. The van der Waals surface area contributed by atoms with Crippen LogP contribution in [0.3, 0.4) is 0 Å². The maximum absolute atomic E-state index is 9.72. The van der Waals surface area contributed by atoms with Crippen molar-refractivity contribution >= 4 is 21.6 Å². The lowest BCUT2D eigenvalue weighted by Gasteiger charge is -2.36. The standard InChI is InChI=1S/C13H15BrN2O/c1-9-8-16(5-4-13(9)17)12-6-11(14)3-2-10(12)7-15/h2-3,6,9,13,17H,4-5,8H2,1H3. The number of aliphatic hydroxyl groups is 1. The normalized spacial score (nSPS) is 24.5. The molecule has 3 nitrogen and oxygen atoms in total. The number of nitriles is 1. The highest BCUT2D eigenvalue weighted by molar-refractivity contribution is 9.10. The molecule has 2 rings (SSSR count). The molecule has 1 aliphatic heterocycles. The zero-order valence-corrected chi connectivity index (χ0v) is 11.3. The zero-order chi connectivity index (χ0) is 12.4. The van der Waals surface area contributed by atoms with Gasteiger partial charge in [-0.05, 0) is 30.5 Å². The molecule has 2 atom stereocenters. The van der Waals surface area contributed by atoms with Gasteiger partial charge in [0.1, 0.15) is 6.07 Å². The van der Waals surface area contributed by atoms with Gasteiger partial charge in [-0.25, -0.2) is 0 Å². The van der Waals surface area contributed by atoms with Crippen molar-refractivity contribution in [2.24, 2.45) is 5.92 Å². The number of piperidine rings is 1. The predicted octanol–water partition coefficient (Wildman–Crippen LogP) is 2.53. The number of halogens is 1. The lowest BCUT2D eigenvalue weighted by atomic mass is 9.96. The van der Waals surface area contributed by atoms with Crippen LogP contribution in [0.25, 0.3) is 0 Å². The fourth-order valence-corrected chi connectivity index (χ4v) is 2.56. The highest BCUT2D eigenvalue weighted by atomic mass is 79.9. The van der Waals surface area contributed by atoms with Crippen molar-refractivity contribution in [1.82, 2.24) is 0 Å². The minimum Gasteiger partial charge on any atom is -0.393 e. The second-order valence-electron chi connectivity index (χ2n) is 4.55. The van der Waals surface area contributed by atoms with E-state index < -0.39 is 0 Å². The molecule has 0 radical (unpaired) electrons. The molecule has 0 aromatic heterocycles. The van der Waals surface area contributed by atoms with Crippen molar-refractivity contribution in [2.75, 3.05) is 18.0 Å². The van der Waals surface area contributed by atoms with Gasteiger partial charge < -0.3 is 10.0 Å². The Morgan fingerprint density at radius 2 is 2.29 bits per heavy atom. The van der Waals surface area contributed by atoms with Crippen LogP contribution in [0.4, 0.5) is 5.69 Å². The summed E-state index contributed by atoms with van der Waals surface area (Å²) < 4.78 is 0.977. The van der Waals surface area contributed by atoms with Gasteiger partial charge in [0.2, 0.25) is 0 Å². The monoisotopic (exact) mass is 294 g/mol. The van der Waals surface area contributed by atoms with E-state index in [2.05, 4.69) is 26.9 Å². The molecule has 1 aromatic rings. The van der Waals surface area contributed by atoms with E-state index in [1.807, 2.05) is 25.1 Å². The Morgan fingerprint density at radius 1 is 1.53 bits per heavy atom. The van der Waals surface area contributed by atoms with Gasteiger partial charge in [0.25, 0.3) is 0 Å². The SMILES string of the molecule is CC1CN(c2cc(Br)ccc2C#N)CCC1O. The summed E-state index contributed by atoms with van der Waals surface area (Å²) in [5.74, 6) is 0.245. The Morgan fingerprint density at radius 3 is 2.94 bits per heavy atom. The van der Waals surface area contributed by atoms with E-state index in [0.29, 0.717) is 5.56 Å². The second-order valence-corrected chi connectivity index (χ2v) is 5.47. The van der Waals surface area contributed by atoms with Crippen molar-refractivity contribution in [3.8, 4) is 6.07 Å². The number of rotatable bonds is 1. The summed E-state index contributed by atoms with van der Waals surface area (Å²) in [6.45, 7) is 3.64. The quantitative estimate of drug-likeness (QED) is 0.866. The summed E-state index contributed by atoms with van der Waals surface area (Å²) in [5.41, 5.74) is 1.65. The Bertz CT molecular complexity index is 455. The maximum atomic E-state index is 9.72. The van der Waals surface area contributed by atoms with E-state index in [1.165, 1.54) is 0 Å². The second kappa shape index (κ2) is 5.07. The molecule has 0 saturated carbocycles. The van der Waals surface area contributed by atoms with Crippen molar-refractivity contribution in [3.05, 3.63) is 28.2 Å². The summed E-state index contributed by atoms with van der Waals surface area (Å²) in [5, 5.41) is 18.8. The van der Waals surface area contributed by atoms with Gasteiger partial charge >= 0.3 is 0 Å². The molecule has 0 spiro atoms. The van der Waals surface area contributed by atoms with Crippen molar-refractivity contribution in [1.29, 1.82) is 5.26 Å². The van der Waals surface area contributed by atoms with Gasteiger partial charge in [-0.2, -0.15) is 5.26 Å². The van der Waals surface area contributed by atoms with Gasteiger partial charge in [0.05, 0.1) is 17.4 Å². The van der Waals surface area contributed by atoms with E-state index in [0.717, 1.165) is 29.7 Å². The van der Waals surface area contributed by atoms with E-state index in [4.69, 9.17) is 5.26 Å². The van der Waals surface area contributed by atoms with Gasteiger partial charge in [-0.3, -0.25) is 0 Å². The lowest BCUT2D eigenvalue weighted by molar-refractivity contribution is 0.0971. The molecular formula is C13H15BrN2O. The third kappa shape index (κ3) is 2.62. The molecule has 17 heavy (non-hydrogen) atoms. The number of anilines is 1. The number of hydrogen-bond acceptors (Lipinski definition) is 3. The third-order valence-electron chi connectivity index (χ3n) is 3.28. The molecule has 0 aliphatic carbocycles. The Hall–Kier alpha value is -1.05. The summed E-state index contributed by atoms with van der Waals surface area (Å²) in [4.78, 5) is 2.18. The summed E-state index contributed by atoms with van der Waals surface area (Å²) >= 11 is 3.43. The molecule has 1 N–H and O–H groups in total. The van der Waals surface area contributed by atoms with Crippen LogP contribution in [0, 0.1) is 17.2 Å². The molecule has 90 valence electrons. The molecule has 1 saturated heterocycles. The van der Waals surface area contributed by atoms with Gasteiger partial charge in [-0.15, -0.1) is 0 Å². The first kappa shape index (κ1) is 12.4. The average Bonchev–Trinajstić information content (AvgIpc) is 2.32. The first-order valence-electron chi connectivity index (χ1n) is 5.74. The summed E-state index contributed by atoms with van der Waals surface area (Å²) in [6.07, 6.45) is 0.544. The van der Waals surface area contributed by atoms with Gasteiger partial charge in [0.15, 0.2) is 0 Å². The Balaban J connectivity index is 2.28. The van der Waals surface area contributed by atoms with Crippen LogP contribution in [0.5, 0.6) is 0 Å². The molecule has 1 aromatic carbocycles. The van der Waals surface area contributed by atoms with Crippen molar-refractivity contribution in [3.63, 3.8) is 0 Å². The fourth-order valence-electron chi connectivity index (χ4n) is 2.21. The third-order valence-corrected chi connectivity index (χ3v) is 3.77. The van der Waals surface area contributed by atoms with Crippen LogP contribution in [0.15, 0.2) is 22.7 Å². The topological polar surface area (TPSA) is 47.3 Å². The van der Waals surface area contributed by atoms with Crippen LogP contribution >= 0.6 is 15.9 Å². The largest absolute Gasteiger partial charge is 0.393 e. The molecule has 0 amide bonds. The van der Waals surface area contributed by atoms with E-state index in [1.54, 1.807) is 0 Å². The lowest BCUT2D eigenvalue weighted by Crippen LogP contribution is -2.42. The highest BCUT2D eigenvalue weighted by Crippen LogP contribution is 2.28. The highest BCUT2D eigenvalue weighted by Gasteiger charge is 2.25. The van der Waals surface area contributed by atoms with Crippen LogP contribution in [-0.2, 0) is 0 Å². The first-order valence-corrected chi connectivity index (χ1v) is 6.54. The van der Waals surface area contributed by atoms with Crippen LogP contribution in [0.2, 0.25) is 0 Å². The molecule has 1 heterocycles. The molecular weight excluding hydrogens is 280 g/mol. The van der Waals surface area contributed by atoms with Crippen LogP contribution in [0.1, 0.15) is 18.9 Å².